The van der Waals surface area contributed by atoms with E-state index in [0.29, 0.717) is 29.7 Å². The summed E-state index contributed by atoms with van der Waals surface area (Å²) in [5, 5.41) is 11.2. The van der Waals surface area contributed by atoms with Gasteiger partial charge in [0.1, 0.15) is 11.4 Å². The number of pyridine rings is 1. The van der Waals surface area contributed by atoms with Crippen molar-refractivity contribution in [2.75, 3.05) is 6.54 Å². The van der Waals surface area contributed by atoms with Crippen LogP contribution in [0.3, 0.4) is 0 Å². The molecule has 0 bridgehead atoms. The van der Waals surface area contributed by atoms with E-state index in [1.807, 2.05) is 0 Å². The summed E-state index contributed by atoms with van der Waals surface area (Å²) in [4.78, 5) is 29.6. The summed E-state index contributed by atoms with van der Waals surface area (Å²) in [5.41, 5.74) is 1.08. The standard InChI is InChI=1S/C19H14FN3O3/c20-16-10-9-13(22-17(16)12-21-26)6-2-1-5-11-23-18(24)14-7-3-4-8-15(14)19(23)25/h3-4,7-10,12,26H,1,5,11H2. The first-order valence-corrected chi connectivity index (χ1v) is 7.90. The Morgan fingerprint density at radius 3 is 2.50 bits per heavy atom. The van der Waals surface area contributed by atoms with E-state index in [9.17, 15) is 14.0 Å². The smallest absolute Gasteiger partial charge is 0.261 e. The van der Waals surface area contributed by atoms with Crippen molar-refractivity contribution in [1.29, 1.82) is 0 Å². The lowest BCUT2D eigenvalue weighted by Gasteiger charge is -2.12. The lowest BCUT2D eigenvalue weighted by Crippen LogP contribution is -2.30. The second-order valence-electron chi connectivity index (χ2n) is 5.52. The SMILES string of the molecule is O=C1c2ccccc2C(=O)N1CCCC#Cc1ccc(F)c(C=NO)n1. The van der Waals surface area contributed by atoms with Gasteiger partial charge in [-0.05, 0) is 36.6 Å². The molecule has 1 aromatic carbocycles. The van der Waals surface area contributed by atoms with E-state index in [-0.39, 0.29) is 24.1 Å². The van der Waals surface area contributed by atoms with E-state index >= 15 is 0 Å². The molecule has 2 aromatic rings. The highest BCUT2D eigenvalue weighted by molar-refractivity contribution is 6.21. The fraction of sp³-hybridized carbons (Fsp3) is 0.158. The van der Waals surface area contributed by atoms with Gasteiger partial charge < -0.3 is 5.21 Å². The van der Waals surface area contributed by atoms with Gasteiger partial charge in [0, 0.05) is 13.0 Å². The molecule has 0 unspecified atom stereocenters. The number of aromatic nitrogens is 1. The highest BCUT2D eigenvalue weighted by atomic mass is 19.1. The Morgan fingerprint density at radius 2 is 1.85 bits per heavy atom. The van der Waals surface area contributed by atoms with Crippen LogP contribution in [-0.2, 0) is 0 Å². The maximum absolute atomic E-state index is 13.4. The summed E-state index contributed by atoms with van der Waals surface area (Å²) >= 11 is 0. The Bertz CT molecular complexity index is 925. The number of nitrogens with zero attached hydrogens (tertiary/aromatic N) is 3. The van der Waals surface area contributed by atoms with Gasteiger partial charge in [-0.2, -0.15) is 0 Å². The lowest BCUT2D eigenvalue weighted by molar-refractivity contribution is 0.0653. The maximum Gasteiger partial charge on any atom is 0.261 e. The van der Waals surface area contributed by atoms with Crippen LogP contribution in [0.5, 0.6) is 0 Å². The van der Waals surface area contributed by atoms with Crippen molar-refractivity contribution in [2.45, 2.75) is 12.8 Å². The number of fused-ring (bicyclic) bond motifs is 1. The van der Waals surface area contributed by atoms with Gasteiger partial charge in [0.15, 0.2) is 5.82 Å². The highest BCUT2D eigenvalue weighted by Gasteiger charge is 2.34. The van der Waals surface area contributed by atoms with Crippen molar-refractivity contribution >= 4 is 18.0 Å². The highest BCUT2D eigenvalue weighted by Crippen LogP contribution is 2.22. The Balaban J connectivity index is 1.58. The maximum atomic E-state index is 13.4. The zero-order chi connectivity index (χ0) is 18.5. The third-order valence-corrected chi connectivity index (χ3v) is 3.83. The van der Waals surface area contributed by atoms with Gasteiger partial charge in [0.25, 0.3) is 11.8 Å². The Labute approximate surface area is 149 Å². The van der Waals surface area contributed by atoms with E-state index < -0.39 is 5.82 Å². The Morgan fingerprint density at radius 1 is 1.15 bits per heavy atom. The third-order valence-electron chi connectivity index (χ3n) is 3.83. The van der Waals surface area contributed by atoms with Gasteiger partial charge in [-0.15, -0.1) is 0 Å². The first-order chi connectivity index (χ1) is 12.6. The minimum atomic E-state index is -0.612. The summed E-state index contributed by atoms with van der Waals surface area (Å²) in [6.07, 6.45) is 1.85. The van der Waals surface area contributed by atoms with Crippen LogP contribution in [0.1, 0.15) is 44.9 Å². The zero-order valence-electron chi connectivity index (χ0n) is 13.6. The molecule has 1 aliphatic heterocycles. The van der Waals surface area contributed by atoms with Crippen molar-refractivity contribution in [3.05, 3.63) is 64.7 Å². The molecular weight excluding hydrogens is 337 g/mol. The molecule has 0 spiro atoms. The molecule has 0 fully saturated rings. The number of imide groups is 1. The molecule has 0 saturated heterocycles. The van der Waals surface area contributed by atoms with Crippen LogP contribution in [0.15, 0.2) is 41.6 Å². The predicted molar refractivity (Wildman–Crippen MR) is 91.5 cm³/mol. The van der Waals surface area contributed by atoms with Gasteiger partial charge in [0.05, 0.1) is 17.3 Å². The van der Waals surface area contributed by atoms with E-state index in [4.69, 9.17) is 5.21 Å². The molecule has 6 nitrogen and oxygen atoms in total. The largest absolute Gasteiger partial charge is 0.411 e. The van der Waals surface area contributed by atoms with Crippen LogP contribution in [0.2, 0.25) is 0 Å². The summed E-state index contributed by atoms with van der Waals surface area (Å²) < 4.78 is 13.4. The van der Waals surface area contributed by atoms with Crippen LogP contribution in [0.25, 0.3) is 0 Å². The van der Waals surface area contributed by atoms with Crippen LogP contribution >= 0.6 is 0 Å². The molecule has 1 aromatic heterocycles. The summed E-state index contributed by atoms with van der Waals surface area (Å²) in [6.45, 7) is 0.278. The minimum Gasteiger partial charge on any atom is -0.411 e. The van der Waals surface area contributed by atoms with Crippen LogP contribution in [-0.4, -0.2) is 39.7 Å². The topological polar surface area (TPSA) is 82.9 Å². The van der Waals surface area contributed by atoms with Gasteiger partial charge in [-0.3, -0.25) is 14.5 Å². The number of benzene rings is 1. The molecule has 2 heterocycles. The fourth-order valence-electron chi connectivity index (χ4n) is 2.59. The minimum absolute atomic E-state index is 0.106. The molecule has 3 rings (SSSR count). The number of amides is 2. The third kappa shape index (κ3) is 3.44. The van der Waals surface area contributed by atoms with Gasteiger partial charge in [-0.25, -0.2) is 9.37 Å². The number of unbranched alkanes of at least 4 members (excludes halogenated alkanes) is 1. The molecule has 26 heavy (non-hydrogen) atoms. The van der Waals surface area contributed by atoms with Gasteiger partial charge in [-0.1, -0.05) is 23.2 Å². The van der Waals surface area contributed by atoms with E-state index in [1.54, 1.807) is 24.3 Å². The van der Waals surface area contributed by atoms with Crippen molar-refractivity contribution in [3.8, 4) is 11.8 Å². The predicted octanol–water partition coefficient (Wildman–Crippen LogP) is 2.46. The fourth-order valence-corrected chi connectivity index (χ4v) is 2.59. The first kappa shape index (κ1) is 17.3. The number of rotatable bonds is 4. The number of carbonyl (C=O) groups is 2. The second kappa shape index (κ2) is 7.57. The summed E-state index contributed by atoms with van der Waals surface area (Å²) in [7, 11) is 0. The first-order valence-electron chi connectivity index (χ1n) is 7.90. The van der Waals surface area contributed by atoms with Crippen molar-refractivity contribution in [3.63, 3.8) is 0 Å². The number of halogens is 1. The molecule has 1 aliphatic rings. The van der Waals surface area contributed by atoms with Crippen molar-refractivity contribution in [2.24, 2.45) is 5.16 Å². The molecule has 2 amide bonds. The van der Waals surface area contributed by atoms with Crippen LogP contribution in [0, 0.1) is 17.7 Å². The Hall–Kier alpha value is -3.53. The molecule has 0 saturated carbocycles. The van der Waals surface area contributed by atoms with Gasteiger partial charge >= 0.3 is 0 Å². The zero-order valence-corrected chi connectivity index (χ0v) is 13.6. The van der Waals surface area contributed by atoms with Crippen molar-refractivity contribution in [1.82, 2.24) is 9.88 Å². The lowest BCUT2D eigenvalue weighted by atomic mass is 10.1. The molecular formula is C19H14FN3O3. The molecule has 0 aliphatic carbocycles. The molecule has 0 atom stereocenters. The number of hydrogen-bond donors (Lipinski definition) is 1. The van der Waals surface area contributed by atoms with E-state index in [2.05, 4.69) is 22.0 Å². The van der Waals surface area contributed by atoms with Crippen molar-refractivity contribution < 1.29 is 19.2 Å². The quantitative estimate of drug-likeness (QED) is 0.229. The molecule has 7 heteroatoms. The van der Waals surface area contributed by atoms with Gasteiger partial charge in [0.2, 0.25) is 0 Å². The summed E-state index contributed by atoms with van der Waals surface area (Å²) in [6, 6.07) is 9.34. The average Bonchev–Trinajstić information content (AvgIpc) is 2.89. The number of hydrogen-bond acceptors (Lipinski definition) is 5. The molecule has 0 radical (unpaired) electrons. The number of carbonyl (C=O) groups excluding carboxylic acids is 2. The second-order valence-corrected chi connectivity index (χ2v) is 5.52. The van der Waals surface area contributed by atoms with E-state index in [0.717, 1.165) is 6.21 Å². The van der Waals surface area contributed by atoms with Crippen LogP contribution in [0.4, 0.5) is 4.39 Å². The van der Waals surface area contributed by atoms with E-state index in [1.165, 1.54) is 17.0 Å². The normalized spacial score (nSPS) is 13.0. The molecule has 1 N–H and O–H groups in total. The average molecular weight is 351 g/mol. The summed E-state index contributed by atoms with van der Waals surface area (Å²) in [5.74, 6) is 4.47. The molecule has 130 valence electrons. The monoisotopic (exact) mass is 351 g/mol. The number of oxime groups is 1. The Kier molecular flexibility index (Phi) is 5.04. The van der Waals surface area contributed by atoms with Crippen LogP contribution < -0.4 is 0 Å².